The molecule has 2 heterocycles. The number of nitrogens with zero attached hydrogens (tertiary/aromatic N) is 2. The van der Waals surface area contributed by atoms with Crippen molar-refractivity contribution >= 4 is 5.82 Å². The van der Waals surface area contributed by atoms with Gasteiger partial charge in [0.1, 0.15) is 5.82 Å². The van der Waals surface area contributed by atoms with Gasteiger partial charge in [-0.25, -0.2) is 4.98 Å². The molecule has 2 aromatic rings. The number of hydrogen-bond donors (Lipinski definition) is 2. The Bertz CT molecular complexity index is 499. The van der Waals surface area contributed by atoms with Crippen molar-refractivity contribution in [3.63, 3.8) is 0 Å². The second-order valence-corrected chi connectivity index (χ2v) is 4.76. The molecule has 0 unspecified atom stereocenters. The summed E-state index contributed by atoms with van der Waals surface area (Å²) in [5, 5.41) is 3.36. The van der Waals surface area contributed by atoms with Gasteiger partial charge in [-0.15, -0.1) is 0 Å². The number of rotatable bonds is 8. The molecule has 0 atom stereocenters. The summed E-state index contributed by atoms with van der Waals surface area (Å²) in [6.45, 7) is 1.62. The Morgan fingerprint density at radius 3 is 2.60 bits per heavy atom. The number of nitrogens with two attached hydrogens (primary N) is 1. The number of aromatic nitrogens is 2. The Balaban J connectivity index is 1.73. The third kappa shape index (κ3) is 4.97. The van der Waals surface area contributed by atoms with Crippen LogP contribution in [-0.2, 0) is 12.8 Å². The third-order valence-corrected chi connectivity index (χ3v) is 3.09. The highest BCUT2D eigenvalue weighted by Gasteiger charge is 1.98. The molecule has 0 amide bonds. The zero-order valence-electron chi connectivity index (χ0n) is 11.8. The fourth-order valence-electron chi connectivity index (χ4n) is 2.03. The van der Waals surface area contributed by atoms with Crippen LogP contribution in [0.5, 0.6) is 0 Å². The van der Waals surface area contributed by atoms with Gasteiger partial charge in [-0.1, -0.05) is 12.1 Å². The van der Waals surface area contributed by atoms with E-state index in [0.717, 1.165) is 49.4 Å². The molecule has 0 aliphatic heterocycles. The van der Waals surface area contributed by atoms with Crippen LogP contribution in [0.4, 0.5) is 5.82 Å². The van der Waals surface area contributed by atoms with Crippen LogP contribution < -0.4 is 11.1 Å². The fraction of sp³-hybridized carbons (Fsp3) is 0.375. The van der Waals surface area contributed by atoms with Crippen molar-refractivity contribution in [2.75, 3.05) is 18.4 Å². The molecule has 0 bridgehead atoms. The van der Waals surface area contributed by atoms with E-state index in [1.165, 1.54) is 0 Å². The average molecular weight is 270 g/mol. The monoisotopic (exact) mass is 270 g/mol. The fourth-order valence-corrected chi connectivity index (χ4v) is 2.03. The van der Waals surface area contributed by atoms with Gasteiger partial charge in [-0.05, 0) is 56.5 Å². The van der Waals surface area contributed by atoms with Crippen LogP contribution in [0.25, 0.3) is 0 Å². The normalized spacial score (nSPS) is 10.4. The van der Waals surface area contributed by atoms with Crippen LogP contribution in [0.3, 0.4) is 0 Å². The smallest absolute Gasteiger partial charge is 0.126 e. The molecule has 4 nitrogen and oxygen atoms in total. The maximum atomic E-state index is 5.52. The Hall–Kier alpha value is -1.94. The second-order valence-electron chi connectivity index (χ2n) is 4.76. The van der Waals surface area contributed by atoms with Crippen molar-refractivity contribution in [2.45, 2.75) is 25.7 Å². The lowest BCUT2D eigenvalue weighted by Crippen LogP contribution is -2.07. The predicted molar refractivity (Wildman–Crippen MR) is 82.7 cm³/mol. The largest absolute Gasteiger partial charge is 0.370 e. The van der Waals surface area contributed by atoms with Crippen LogP contribution >= 0.6 is 0 Å². The number of anilines is 1. The van der Waals surface area contributed by atoms with E-state index in [2.05, 4.69) is 27.4 Å². The molecule has 0 aliphatic rings. The molecule has 106 valence electrons. The van der Waals surface area contributed by atoms with E-state index in [1.54, 1.807) is 0 Å². The van der Waals surface area contributed by atoms with Gasteiger partial charge in [0.15, 0.2) is 0 Å². The highest BCUT2D eigenvalue weighted by Crippen LogP contribution is 2.07. The molecule has 0 saturated carbocycles. The molecule has 20 heavy (non-hydrogen) atoms. The Labute approximate surface area is 120 Å². The van der Waals surface area contributed by atoms with E-state index in [0.29, 0.717) is 6.54 Å². The molecule has 0 radical (unpaired) electrons. The van der Waals surface area contributed by atoms with Crippen molar-refractivity contribution in [1.29, 1.82) is 0 Å². The summed E-state index contributed by atoms with van der Waals surface area (Å²) < 4.78 is 0. The Morgan fingerprint density at radius 2 is 1.80 bits per heavy atom. The van der Waals surface area contributed by atoms with E-state index < -0.39 is 0 Å². The Morgan fingerprint density at radius 1 is 0.950 bits per heavy atom. The minimum absolute atomic E-state index is 0.712. The lowest BCUT2D eigenvalue weighted by atomic mass is 10.2. The number of aryl methyl sites for hydroxylation is 2. The summed E-state index contributed by atoms with van der Waals surface area (Å²) in [7, 11) is 0. The van der Waals surface area contributed by atoms with Crippen molar-refractivity contribution in [2.24, 2.45) is 5.73 Å². The molecule has 3 N–H and O–H groups in total. The number of hydrogen-bond acceptors (Lipinski definition) is 4. The first-order chi connectivity index (χ1) is 9.88. The standard InChI is InChI=1S/C16H22N4/c17-11-4-8-15-7-3-10-16(20-15)19-13-5-9-14-6-1-2-12-18-14/h1-3,6-7,10,12H,4-5,8-9,11,13,17H2,(H,19,20). The first kappa shape index (κ1) is 14.5. The quantitative estimate of drug-likeness (QED) is 0.723. The molecular formula is C16H22N4. The molecule has 0 saturated heterocycles. The van der Waals surface area contributed by atoms with Crippen molar-refractivity contribution in [3.8, 4) is 0 Å². The topological polar surface area (TPSA) is 63.8 Å². The van der Waals surface area contributed by atoms with Crippen LogP contribution in [0.1, 0.15) is 24.2 Å². The van der Waals surface area contributed by atoms with E-state index in [4.69, 9.17) is 5.73 Å². The minimum atomic E-state index is 0.712. The van der Waals surface area contributed by atoms with Crippen LogP contribution in [0.2, 0.25) is 0 Å². The SMILES string of the molecule is NCCCc1cccc(NCCCc2ccccn2)n1. The van der Waals surface area contributed by atoms with Gasteiger partial charge in [-0.2, -0.15) is 0 Å². The lowest BCUT2D eigenvalue weighted by molar-refractivity contribution is 0.805. The first-order valence-corrected chi connectivity index (χ1v) is 7.18. The summed E-state index contributed by atoms with van der Waals surface area (Å²) in [5.74, 6) is 0.945. The molecular weight excluding hydrogens is 248 g/mol. The maximum absolute atomic E-state index is 5.52. The molecule has 2 aromatic heterocycles. The zero-order chi connectivity index (χ0) is 14.0. The summed E-state index contributed by atoms with van der Waals surface area (Å²) >= 11 is 0. The molecule has 0 spiro atoms. The highest BCUT2D eigenvalue weighted by atomic mass is 15.0. The minimum Gasteiger partial charge on any atom is -0.370 e. The number of nitrogens with one attached hydrogen (secondary N) is 1. The summed E-state index contributed by atoms with van der Waals surface area (Å²) in [5.41, 5.74) is 7.76. The van der Waals surface area contributed by atoms with E-state index in [9.17, 15) is 0 Å². The lowest BCUT2D eigenvalue weighted by Gasteiger charge is -2.07. The predicted octanol–water partition coefficient (Wildman–Crippen LogP) is 2.41. The van der Waals surface area contributed by atoms with E-state index in [-0.39, 0.29) is 0 Å². The van der Waals surface area contributed by atoms with Gasteiger partial charge < -0.3 is 11.1 Å². The second kappa shape index (κ2) is 8.27. The molecule has 4 heteroatoms. The average Bonchev–Trinajstić information content (AvgIpc) is 2.51. The molecule has 2 rings (SSSR count). The van der Waals surface area contributed by atoms with Gasteiger partial charge in [0.2, 0.25) is 0 Å². The van der Waals surface area contributed by atoms with Crippen LogP contribution in [-0.4, -0.2) is 23.1 Å². The van der Waals surface area contributed by atoms with E-state index in [1.807, 2.05) is 30.5 Å². The first-order valence-electron chi connectivity index (χ1n) is 7.18. The zero-order valence-corrected chi connectivity index (χ0v) is 11.8. The van der Waals surface area contributed by atoms with Crippen LogP contribution in [0, 0.1) is 0 Å². The van der Waals surface area contributed by atoms with Gasteiger partial charge in [0.05, 0.1) is 0 Å². The summed E-state index contributed by atoms with van der Waals surface area (Å²) in [6, 6.07) is 12.1. The maximum Gasteiger partial charge on any atom is 0.126 e. The highest BCUT2D eigenvalue weighted by molar-refractivity contribution is 5.35. The Kier molecular flexibility index (Phi) is 5.99. The van der Waals surface area contributed by atoms with Crippen LogP contribution in [0.15, 0.2) is 42.6 Å². The van der Waals surface area contributed by atoms with Crippen molar-refractivity contribution in [3.05, 3.63) is 54.0 Å². The van der Waals surface area contributed by atoms with Gasteiger partial charge in [0, 0.05) is 24.1 Å². The third-order valence-electron chi connectivity index (χ3n) is 3.09. The van der Waals surface area contributed by atoms with E-state index >= 15 is 0 Å². The number of pyridine rings is 2. The van der Waals surface area contributed by atoms with Crippen molar-refractivity contribution < 1.29 is 0 Å². The summed E-state index contributed by atoms with van der Waals surface area (Å²) in [4.78, 5) is 8.89. The molecule has 0 fully saturated rings. The molecule has 0 aromatic carbocycles. The molecule has 0 aliphatic carbocycles. The van der Waals surface area contributed by atoms with Gasteiger partial charge in [0.25, 0.3) is 0 Å². The summed E-state index contributed by atoms with van der Waals surface area (Å²) in [6.07, 6.45) is 5.80. The van der Waals surface area contributed by atoms with Crippen molar-refractivity contribution in [1.82, 2.24) is 9.97 Å². The van der Waals surface area contributed by atoms with Gasteiger partial charge >= 0.3 is 0 Å². The van der Waals surface area contributed by atoms with Gasteiger partial charge in [-0.3, -0.25) is 4.98 Å².